The molecule has 0 radical (unpaired) electrons. The van der Waals surface area contributed by atoms with E-state index in [4.69, 9.17) is 9.47 Å². The van der Waals surface area contributed by atoms with Crippen LogP contribution in [0.4, 0.5) is 0 Å². The molecule has 9 atom stereocenters. The fraction of sp³-hybridized carbons (Fsp3) is 0.941. The van der Waals surface area contributed by atoms with Crippen molar-refractivity contribution >= 4 is 5.97 Å². The SMILES string of the molecule is CCCOC(=O)C1CC2CC1C1C3OC(C(C)C3C)C21. The van der Waals surface area contributed by atoms with Crippen LogP contribution in [0.2, 0.25) is 0 Å². The summed E-state index contributed by atoms with van der Waals surface area (Å²) < 4.78 is 11.7. The van der Waals surface area contributed by atoms with Crippen molar-refractivity contribution < 1.29 is 14.3 Å². The fourth-order valence-electron chi connectivity index (χ4n) is 5.89. The first kappa shape index (κ1) is 13.1. The van der Waals surface area contributed by atoms with Crippen LogP contribution in [0.3, 0.4) is 0 Å². The summed E-state index contributed by atoms with van der Waals surface area (Å²) in [5.41, 5.74) is 0. The lowest BCUT2D eigenvalue weighted by Gasteiger charge is -2.40. The quantitative estimate of drug-likeness (QED) is 0.745. The first-order valence-electron chi connectivity index (χ1n) is 8.45. The first-order chi connectivity index (χ1) is 9.63. The summed E-state index contributed by atoms with van der Waals surface area (Å²) in [7, 11) is 0. The molecular formula is C17H26O3. The van der Waals surface area contributed by atoms with Crippen LogP contribution in [0.15, 0.2) is 0 Å². The lowest BCUT2D eigenvalue weighted by Crippen LogP contribution is -2.44. The monoisotopic (exact) mass is 278 g/mol. The van der Waals surface area contributed by atoms with Gasteiger partial charge in [-0.15, -0.1) is 0 Å². The van der Waals surface area contributed by atoms with Gasteiger partial charge in [0.15, 0.2) is 0 Å². The van der Waals surface area contributed by atoms with Crippen molar-refractivity contribution in [3.8, 4) is 0 Å². The molecule has 2 aliphatic heterocycles. The minimum absolute atomic E-state index is 0.0706. The molecular weight excluding hydrogens is 252 g/mol. The summed E-state index contributed by atoms with van der Waals surface area (Å²) in [4.78, 5) is 12.3. The standard InChI is InChI=1S/C17H26O3/c1-4-5-19-17(18)12-7-10-6-11(12)14-13(10)15-8(2)9(3)16(14)20-15/h8-16H,4-7H2,1-3H3. The second kappa shape index (κ2) is 4.46. The van der Waals surface area contributed by atoms with Gasteiger partial charge in [0.2, 0.25) is 0 Å². The molecule has 2 saturated carbocycles. The second-order valence-electron chi connectivity index (χ2n) is 7.61. The Balaban J connectivity index is 1.52. The maximum atomic E-state index is 12.3. The molecule has 3 nitrogen and oxygen atoms in total. The lowest BCUT2D eigenvalue weighted by molar-refractivity contribution is -0.152. The molecule has 9 unspecified atom stereocenters. The largest absolute Gasteiger partial charge is 0.465 e. The molecule has 2 heterocycles. The molecule has 0 aromatic carbocycles. The van der Waals surface area contributed by atoms with Crippen molar-refractivity contribution in [3.05, 3.63) is 0 Å². The normalized spacial score (nSPS) is 55.2. The number of hydrogen-bond acceptors (Lipinski definition) is 3. The van der Waals surface area contributed by atoms with Gasteiger partial charge >= 0.3 is 5.97 Å². The van der Waals surface area contributed by atoms with E-state index in [0.717, 1.165) is 18.8 Å². The zero-order chi connectivity index (χ0) is 14.0. The van der Waals surface area contributed by atoms with E-state index in [1.54, 1.807) is 0 Å². The number of carbonyl (C=O) groups excluding carboxylic acids is 1. The molecule has 4 fully saturated rings. The van der Waals surface area contributed by atoms with Gasteiger partial charge in [0.1, 0.15) is 0 Å². The Morgan fingerprint density at radius 1 is 1.15 bits per heavy atom. The summed E-state index contributed by atoms with van der Waals surface area (Å²) in [6.07, 6.45) is 4.11. The van der Waals surface area contributed by atoms with Crippen LogP contribution in [-0.2, 0) is 14.3 Å². The van der Waals surface area contributed by atoms with E-state index >= 15 is 0 Å². The molecule has 0 aromatic heterocycles. The Bertz CT molecular complexity index is 420. The molecule has 0 spiro atoms. The van der Waals surface area contributed by atoms with Crippen molar-refractivity contribution in [2.45, 2.75) is 52.2 Å². The minimum atomic E-state index is 0.0706. The van der Waals surface area contributed by atoms with E-state index in [0.29, 0.717) is 48.4 Å². The zero-order valence-electron chi connectivity index (χ0n) is 12.7. The Morgan fingerprint density at radius 3 is 2.55 bits per heavy atom. The summed E-state index contributed by atoms with van der Waals surface area (Å²) in [5.74, 6) is 4.24. The van der Waals surface area contributed by atoms with E-state index in [1.807, 2.05) is 0 Å². The molecule has 0 amide bonds. The molecule has 4 aliphatic rings. The van der Waals surface area contributed by atoms with E-state index in [1.165, 1.54) is 6.42 Å². The van der Waals surface area contributed by atoms with Crippen LogP contribution < -0.4 is 0 Å². The van der Waals surface area contributed by atoms with E-state index in [9.17, 15) is 4.79 Å². The predicted molar refractivity (Wildman–Crippen MR) is 74.9 cm³/mol. The van der Waals surface area contributed by atoms with Gasteiger partial charge < -0.3 is 9.47 Å². The third-order valence-electron chi connectivity index (χ3n) is 6.82. The Morgan fingerprint density at radius 2 is 1.85 bits per heavy atom. The Kier molecular flexibility index (Phi) is 2.93. The summed E-state index contributed by atoms with van der Waals surface area (Å²) in [6, 6.07) is 0. The highest BCUT2D eigenvalue weighted by atomic mass is 16.5. The molecule has 0 N–H and O–H groups in total. The summed E-state index contributed by atoms with van der Waals surface area (Å²) in [6.45, 7) is 7.32. The van der Waals surface area contributed by atoms with Gasteiger partial charge in [0.05, 0.1) is 24.7 Å². The molecule has 4 bridgehead atoms. The number of carbonyl (C=O) groups is 1. The number of hydrogen-bond donors (Lipinski definition) is 0. The van der Waals surface area contributed by atoms with Gasteiger partial charge in [-0.3, -0.25) is 4.79 Å². The first-order valence-corrected chi connectivity index (χ1v) is 8.45. The van der Waals surface area contributed by atoms with Gasteiger partial charge in [-0.25, -0.2) is 0 Å². The van der Waals surface area contributed by atoms with E-state index in [-0.39, 0.29) is 11.9 Å². The highest BCUT2D eigenvalue weighted by Crippen LogP contribution is 2.66. The minimum Gasteiger partial charge on any atom is -0.465 e. The molecule has 0 aromatic rings. The average molecular weight is 278 g/mol. The van der Waals surface area contributed by atoms with Crippen LogP contribution in [0.5, 0.6) is 0 Å². The predicted octanol–water partition coefficient (Wildman–Crippen LogP) is 2.88. The van der Waals surface area contributed by atoms with Crippen molar-refractivity contribution in [1.29, 1.82) is 0 Å². The topological polar surface area (TPSA) is 35.5 Å². The van der Waals surface area contributed by atoms with E-state index in [2.05, 4.69) is 20.8 Å². The fourth-order valence-corrected chi connectivity index (χ4v) is 5.89. The third kappa shape index (κ3) is 1.53. The maximum absolute atomic E-state index is 12.3. The highest BCUT2D eigenvalue weighted by Gasteiger charge is 2.68. The number of fused-ring (bicyclic) bond motifs is 9. The van der Waals surface area contributed by atoms with Crippen molar-refractivity contribution in [1.82, 2.24) is 0 Å². The summed E-state index contributed by atoms with van der Waals surface area (Å²) in [5, 5.41) is 0. The smallest absolute Gasteiger partial charge is 0.309 e. The molecule has 2 saturated heterocycles. The zero-order valence-corrected chi connectivity index (χ0v) is 12.7. The molecule has 3 heteroatoms. The molecule has 112 valence electrons. The lowest BCUT2D eigenvalue weighted by atomic mass is 9.62. The van der Waals surface area contributed by atoms with Gasteiger partial charge in [-0.1, -0.05) is 20.8 Å². The van der Waals surface area contributed by atoms with Gasteiger partial charge in [0, 0.05) is 0 Å². The van der Waals surface area contributed by atoms with Gasteiger partial charge in [-0.05, 0) is 54.8 Å². The molecule has 4 rings (SSSR count). The Hall–Kier alpha value is -0.570. The van der Waals surface area contributed by atoms with Crippen LogP contribution >= 0.6 is 0 Å². The van der Waals surface area contributed by atoms with Gasteiger partial charge in [0.25, 0.3) is 0 Å². The number of ether oxygens (including phenoxy) is 2. The second-order valence-corrected chi connectivity index (χ2v) is 7.61. The van der Waals surface area contributed by atoms with Crippen LogP contribution in [0.25, 0.3) is 0 Å². The van der Waals surface area contributed by atoms with Crippen LogP contribution in [0, 0.1) is 41.4 Å². The van der Waals surface area contributed by atoms with Crippen LogP contribution in [-0.4, -0.2) is 24.8 Å². The molecule has 20 heavy (non-hydrogen) atoms. The van der Waals surface area contributed by atoms with Crippen molar-refractivity contribution in [3.63, 3.8) is 0 Å². The average Bonchev–Trinajstić information content (AvgIpc) is 3.15. The Labute approximate surface area is 121 Å². The maximum Gasteiger partial charge on any atom is 0.309 e. The number of rotatable bonds is 3. The summed E-state index contributed by atoms with van der Waals surface area (Å²) >= 11 is 0. The van der Waals surface area contributed by atoms with Crippen molar-refractivity contribution in [2.24, 2.45) is 41.4 Å². The van der Waals surface area contributed by atoms with Crippen LogP contribution in [0.1, 0.15) is 40.0 Å². The molecule has 2 aliphatic carbocycles. The van der Waals surface area contributed by atoms with Gasteiger partial charge in [-0.2, -0.15) is 0 Å². The third-order valence-corrected chi connectivity index (χ3v) is 6.82. The van der Waals surface area contributed by atoms with E-state index < -0.39 is 0 Å². The highest BCUT2D eigenvalue weighted by molar-refractivity contribution is 5.73. The number of esters is 1. The van der Waals surface area contributed by atoms with Crippen molar-refractivity contribution in [2.75, 3.05) is 6.61 Å².